The predicted octanol–water partition coefficient (Wildman–Crippen LogP) is 8.70. The summed E-state index contributed by atoms with van der Waals surface area (Å²) >= 11 is 15.0. The molecule has 336 valence electrons. The van der Waals surface area contributed by atoms with Crippen molar-refractivity contribution < 1.29 is 18.3 Å². The second-order valence-electron chi connectivity index (χ2n) is 14.8. The number of benzene rings is 2. The van der Waals surface area contributed by atoms with E-state index in [2.05, 4.69) is 25.9 Å². The van der Waals surface area contributed by atoms with E-state index in [1.54, 1.807) is 38.2 Å². The number of thiophene rings is 2. The van der Waals surface area contributed by atoms with Crippen molar-refractivity contribution in [3.8, 4) is 56.0 Å². The molecule has 0 aliphatic carbocycles. The molecule has 9 aromatic rings. The Bertz CT molecular complexity index is 3910. The first kappa shape index (κ1) is 44.7. The molecule has 0 saturated carbocycles. The van der Waals surface area contributed by atoms with Gasteiger partial charge in [0.15, 0.2) is 46.7 Å². The highest BCUT2D eigenvalue weighted by molar-refractivity contribution is 7.22. The molecule has 0 unspecified atom stereocenters. The minimum Gasteiger partial charge on any atom is -0.494 e. The monoisotopic (exact) mass is 979 g/mol. The molecule has 0 aliphatic heterocycles. The molecule has 0 spiro atoms. The molecule has 67 heavy (non-hydrogen) atoms. The lowest BCUT2D eigenvalue weighted by atomic mass is 10.1. The van der Waals surface area contributed by atoms with Crippen LogP contribution in [0.25, 0.3) is 63.2 Å². The normalized spacial score (nSPS) is 11.3. The van der Waals surface area contributed by atoms with Gasteiger partial charge in [0.2, 0.25) is 0 Å². The molecule has 0 atom stereocenters. The molecule has 0 fully saturated rings. The third kappa shape index (κ3) is 7.73. The van der Waals surface area contributed by atoms with E-state index in [-0.39, 0.29) is 79.7 Å². The van der Waals surface area contributed by atoms with E-state index >= 15 is 0 Å². The number of pyridine rings is 1. The van der Waals surface area contributed by atoms with Crippen molar-refractivity contribution in [1.29, 1.82) is 5.26 Å². The molecule has 16 nitrogen and oxygen atoms in total. The van der Waals surface area contributed by atoms with Crippen LogP contribution in [0, 0.1) is 42.9 Å². The summed E-state index contributed by atoms with van der Waals surface area (Å²) < 4.78 is 45.9. The highest BCUT2D eigenvalue weighted by Gasteiger charge is 2.26. The Morgan fingerprint density at radius 2 is 1.28 bits per heavy atom. The maximum absolute atomic E-state index is 14.5. The van der Waals surface area contributed by atoms with Crippen LogP contribution in [0.5, 0.6) is 11.5 Å². The van der Waals surface area contributed by atoms with Gasteiger partial charge in [0, 0.05) is 40.2 Å². The van der Waals surface area contributed by atoms with Crippen molar-refractivity contribution in [1.82, 2.24) is 37.6 Å². The summed E-state index contributed by atoms with van der Waals surface area (Å²) in [6, 6.07) is 14.9. The highest BCUT2D eigenvalue weighted by atomic mass is 35.5. The Hall–Kier alpha value is -7.49. The van der Waals surface area contributed by atoms with Crippen LogP contribution in [-0.4, -0.2) is 51.8 Å². The largest absolute Gasteiger partial charge is 0.494 e. The van der Waals surface area contributed by atoms with Gasteiger partial charge in [-0.1, -0.05) is 23.2 Å². The summed E-state index contributed by atoms with van der Waals surface area (Å²) in [5, 5.41) is 9.63. The van der Waals surface area contributed by atoms with Crippen molar-refractivity contribution in [2.75, 3.05) is 14.2 Å². The fourth-order valence-corrected chi connectivity index (χ4v) is 10.5. The minimum atomic E-state index is -0.754. The van der Waals surface area contributed by atoms with Crippen LogP contribution in [0.3, 0.4) is 0 Å². The number of imidazole rings is 1. The van der Waals surface area contributed by atoms with Crippen molar-refractivity contribution >= 4 is 77.6 Å². The number of hydrogen-bond acceptors (Lipinski definition) is 12. The summed E-state index contributed by atoms with van der Waals surface area (Å²) in [6.07, 6.45) is 5.75. The van der Waals surface area contributed by atoms with Crippen molar-refractivity contribution in [2.24, 2.45) is 0 Å². The van der Waals surface area contributed by atoms with Gasteiger partial charge in [-0.05, 0) is 66.9 Å². The van der Waals surface area contributed by atoms with Crippen molar-refractivity contribution in [2.45, 2.75) is 39.8 Å². The van der Waals surface area contributed by atoms with Gasteiger partial charge in [0.1, 0.15) is 15.2 Å². The number of nitriles is 1. The topological polar surface area (TPSA) is 178 Å². The van der Waals surface area contributed by atoms with Gasteiger partial charge in [-0.25, -0.2) is 32.5 Å². The SMILES string of the molecule is COc1cc(-c2cc3c(s2)c(=O)n(-c2cncc(C)c2)c(=O)n3CCC#[N+]c2ncc(-n3c(=O)c4sc(-c5cc(OC)c(F)cc5Cl)cc4n(CCC#N)c3=O)n3c(C)ncc23)c(Cl)cc1F. The van der Waals surface area contributed by atoms with E-state index in [1.165, 1.54) is 58.5 Å². The van der Waals surface area contributed by atoms with Crippen molar-refractivity contribution in [3.63, 3.8) is 0 Å². The molecule has 0 saturated heterocycles. The van der Waals surface area contributed by atoms with Crippen LogP contribution in [-0.2, 0) is 13.1 Å². The lowest BCUT2D eigenvalue weighted by molar-refractivity contribution is 0.387. The number of aryl methyl sites for hydroxylation is 4. The van der Waals surface area contributed by atoms with Gasteiger partial charge in [0.05, 0.1) is 72.3 Å². The van der Waals surface area contributed by atoms with E-state index < -0.39 is 34.1 Å². The number of hydrogen-bond donors (Lipinski definition) is 0. The number of nitrogens with zero attached hydrogens (tertiary/aromatic N) is 10. The average Bonchev–Trinajstić information content (AvgIpc) is 4.05. The highest BCUT2D eigenvalue weighted by Crippen LogP contribution is 2.40. The van der Waals surface area contributed by atoms with Crippen LogP contribution in [0.4, 0.5) is 14.6 Å². The summed E-state index contributed by atoms with van der Waals surface area (Å²) in [5.74, 6) is -0.930. The Morgan fingerprint density at radius 1 is 0.716 bits per heavy atom. The third-order valence-corrected chi connectivity index (χ3v) is 13.7. The first-order chi connectivity index (χ1) is 32.2. The van der Waals surface area contributed by atoms with Crippen LogP contribution < -0.4 is 32.0 Å². The molecule has 9 rings (SSSR count). The molecule has 0 amide bonds. The average molecular weight is 981 g/mol. The summed E-state index contributed by atoms with van der Waals surface area (Å²) in [6.45, 7) is 3.37. The Kier molecular flexibility index (Phi) is 11.8. The number of halogens is 4. The Balaban J connectivity index is 1.12. The smallest absolute Gasteiger partial charge is 0.451 e. The number of methoxy groups -OCH3 is 2. The Morgan fingerprint density at radius 3 is 1.85 bits per heavy atom. The van der Waals surface area contributed by atoms with Gasteiger partial charge in [-0.3, -0.25) is 28.1 Å². The molecular formula is C45H31Cl2F2N10O6S2+. The lowest BCUT2D eigenvalue weighted by Crippen LogP contribution is -2.39. The van der Waals surface area contributed by atoms with Crippen LogP contribution in [0.2, 0.25) is 10.0 Å². The van der Waals surface area contributed by atoms with E-state index in [1.807, 2.05) is 6.07 Å². The predicted molar refractivity (Wildman–Crippen MR) is 253 cm³/mol. The summed E-state index contributed by atoms with van der Waals surface area (Å²) in [7, 11) is 2.63. The summed E-state index contributed by atoms with van der Waals surface area (Å²) in [5.41, 5.74) is -0.0821. The number of fused-ring (bicyclic) bond motifs is 3. The van der Waals surface area contributed by atoms with Crippen LogP contribution in [0.1, 0.15) is 24.2 Å². The van der Waals surface area contributed by atoms with Gasteiger partial charge in [-0.15, -0.1) is 22.7 Å². The van der Waals surface area contributed by atoms with Gasteiger partial charge in [-0.2, -0.15) is 10.1 Å². The molecule has 22 heteroatoms. The minimum absolute atomic E-state index is 0.0158. The van der Waals surface area contributed by atoms with Gasteiger partial charge < -0.3 is 9.47 Å². The molecule has 0 radical (unpaired) electrons. The zero-order chi connectivity index (χ0) is 47.4. The molecule has 0 N–H and O–H groups in total. The number of aromatic nitrogens is 8. The number of rotatable bonds is 10. The first-order valence-electron chi connectivity index (χ1n) is 20.0. The van der Waals surface area contributed by atoms with E-state index in [4.69, 9.17) is 32.7 Å². The molecule has 7 heterocycles. The molecular weight excluding hydrogens is 950 g/mol. The first-order valence-corrected chi connectivity index (χ1v) is 22.3. The fourth-order valence-electron chi connectivity index (χ4n) is 7.66. The third-order valence-electron chi connectivity index (χ3n) is 10.8. The van der Waals surface area contributed by atoms with E-state index in [0.29, 0.717) is 37.7 Å². The molecule has 0 aliphatic rings. The zero-order valence-electron chi connectivity index (χ0n) is 35.4. The zero-order valence-corrected chi connectivity index (χ0v) is 38.6. The van der Waals surface area contributed by atoms with Gasteiger partial charge >= 0.3 is 17.2 Å². The second kappa shape index (κ2) is 17.7. The van der Waals surface area contributed by atoms with Crippen LogP contribution in [0.15, 0.2) is 86.4 Å². The fraction of sp³-hybridized carbons (Fsp3) is 0.178. The van der Waals surface area contributed by atoms with E-state index in [0.717, 1.165) is 49.5 Å². The van der Waals surface area contributed by atoms with Crippen LogP contribution >= 0.6 is 45.9 Å². The van der Waals surface area contributed by atoms with Crippen molar-refractivity contribution in [3.05, 3.63) is 147 Å². The maximum Gasteiger partial charge on any atom is 0.451 e. The molecule has 2 aromatic carbocycles. The Labute approximate surface area is 393 Å². The lowest BCUT2D eigenvalue weighted by Gasteiger charge is -2.11. The maximum atomic E-state index is 14.5. The standard InChI is InChI=1S/C45H31Cl2F2N10O6S2/c1-22-11-24(19-51-18-22)58-42(60)39-31(16-36(66-39)25-12-34(64-3)29(48)14-27(25)46)56(44(58)62)10-6-8-52-41-33-20-53-23(2)57(33)38(21-54-41)59-43(61)40-32(55(45(59)63)9-5-7-50)17-37(67-40)26-13-35(65-4)30(49)15-28(26)47/h11-21H,5-6,9-10H2,1-4H3/q+1. The molecule has 7 aromatic heterocycles. The molecule has 0 bridgehead atoms. The summed E-state index contributed by atoms with van der Waals surface area (Å²) in [4.78, 5) is 75.6. The van der Waals surface area contributed by atoms with E-state index in [9.17, 15) is 33.2 Å². The number of ether oxygens (including phenoxy) is 2. The second-order valence-corrected chi connectivity index (χ2v) is 17.8. The quantitative estimate of drug-likeness (QED) is 0.129. The van der Waals surface area contributed by atoms with Gasteiger partial charge in [0.25, 0.3) is 11.1 Å².